The molecule has 0 aromatic carbocycles. The van der Waals surface area contributed by atoms with Gasteiger partial charge in [0.05, 0.1) is 11.6 Å². The zero-order valence-corrected chi connectivity index (χ0v) is 15.0. The fraction of sp³-hybridized carbons (Fsp3) is 0.474. The fourth-order valence-corrected chi connectivity index (χ4v) is 3.71. The van der Waals surface area contributed by atoms with Crippen molar-refractivity contribution < 1.29 is 4.79 Å². The van der Waals surface area contributed by atoms with Crippen LogP contribution in [0.5, 0.6) is 0 Å². The van der Waals surface area contributed by atoms with Gasteiger partial charge in [0, 0.05) is 49.7 Å². The predicted molar refractivity (Wildman–Crippen MR) is 99.7 cm³/mol. The van der Waals surface area contributed by atoms with E-state index >= 15 is 0 Å². The van der Waals surface area contributed by atoms with Crippen LogP contribution in [0.4, 0.5) is 5.82 Å². The summed E-state index contributed by atoms with van der Waals surface area (Å²) < 4.78 is 0. The molecule has 2 aliphatic rings. The van der Waals surface area contributed by atoms with E-state index < -0.39 is 0 Å². The normalized spacial score (nSPS) is 19.3. The van der Waals surface area contributed by atoms with Gasteiger partial charge in [-0.15, -0.1) is 0 Å². The third-order valence-corrected chi connectivity index (χ3v) is 5.04. The second kappa shape index (κ2) is 7.37. The molecule has 1 amide bonds. The molecule has 2 N–H and O–H groups in total. The number of hydrogen-bond acceptors (Lipinski definition) is 6. The molecule has 2 aliphatic heterocycles. The highest BCUT2D eigenvalue weighted by Crippen LogP contribution is 2.30. The van der Waals surface area contributed by atoms with E-state index in [4.69, 9.17) is 9.97 Å². The number of rotatable bonds is 4. The van der Waals surface area contributed by atoms with Crippen LogP contribution in [0.15, 0.2) is 24.5 Å². The summed E-state index contributed by atoms with van der Waals surface area (Å²) in [7, 11) is 0. The van der Waals surface area contributed by atoms with Gasteiger partial charge in [0.2, 0.25) is 5.91 Å². The van der Waals surface area contributed by atoms with Crippen LogP contribution in [0.3, 0.4) is 0 Å². The maximum Gasteiger partial charge on any atom is 0.224 e. The summed E-state index contributed by atoms with van der Waals surface area (Å²) in [5, 5.41) is 6.34. The molecule has 2 aromatic rings. The Kier molecular flexibility index (Phi) is 4.79. The molecule has 0 bridgehead atoms. The summed E-state index contributed by atoms with van der Waals surface area (Å²) in [5.74, 6) is 1.87. The first kappa shape index (κ1) is 16.9. The van der Waals surface area contributed by atoms with Crippen molar-refractivity contribution in [2.45, 2.75) is 26.3 Å². The lowest BCUT2D eigenvalue weighted by molar-refractivity contribution is -0.124. The minimum Gasteiger partial charge on any atom is -0.356 e. The molecule has 136 valence electrons. The first-order chi connectivity index (χ1) is 12.8. The Morgan fingerprint density at radius 3 is 3.15 bits per heavy atom. The number of pyridine rings is 1. The molecule has 4 rings (SSSR count). The number of aromatic nitrogens is 3. The van der Waals surface area contributed by atoms with Gasteiger partial charge in [-0.3, -0.25) is 9.78 Å². The molecule has 0 spiro atoms. The van der Waals surface area contributed by atoms with Crippen molar-refractivity contribution in [1.29, 1.82) is 0 Å². The van der Waals surface area contributed by atoms with Crippen molar-refractivity contribution in [1.82, 2.24) is 25.6 Å². The summed E-state index contributed by atoms with van der Waals surface area (Å²) in [4.78, 5) is 28.3. The second-order valence-corrected chi connectivity index (χ2v) is 6.79. The maximum absolute atomic E-state index is 12.2. The zero-order valence-electron chi connectivity index (χ0n) is 15.0. The van der Waals surface area contributed by atoms with Crippen LogP contribution in [0.1, 0.15) is 24.6 Å². The number of anilines is 1. The van der Waals surface area contributed by atoms with E-state index in [0.717, 1.165) is 56.1 Å². The number of nitrogens with zero attached hydrogens (tertiary/aromatic N) is 4. The number of hydrogen-bond donors (Lipinski definition) is 2. The van der Waals surface area contributed by atoms with Gasteiger partial charge in [-0.05, 0) is 38.4 Å². The molecular formula is C19H24N6O. The molecule has 0 radical (unpaired) electrons. The largest absolute Gasteiger partial charge is 0.356 e. The number of carbonyl (C=O) groups is 1. The molecule has 7 heteroatoms. The molecule has 1 saturated heterocycles. The first-order valence-corrected chi connectivity index (χ1v) is 9.30. The number of fused-ring (bicyclic) bond motifs is 1. The SMILES string of the molecule is CCNC(=O)[C@@H]1CCN(c2nc(-c3cccnc3)nc3c2CCNC3)C1. The lowest BCUT2D eigenvalue weighted by Crippen LogP contribution is -2.34. The van der Waals surface area contributed by atoms with Gasteiger partial charge in [0.1, 0.15) is 5.82 Å². The van der Waals surface area contributed by atoms with E-state index in [1.165, 1.54) is 5.56 Å². The van der Waals surface area contributed by atoms with Crippen LogP contribution in [0.2, 0.25) is 0 Å². The van der Waals surface area contributed by atoms with Crippen LogP contribution >= 0.6 is 0 Å². The average molecular weight is 352 g/mol. The predicted octanol–water partition coefficient (Wildman–Crippen LogP) is 1.15. The van der Waals surface area contributed by atoms with Gasteiger partial charge in [-0.25, -0.2) is 9.97 Å². The van der Waals surface area contributed by atoms with E-state index in [2.05, 4.69) is 20.5 Å². The number of amides is 1. The Bertz CT molecular complexity index is 794. The summed E-state index contributed by atoms with van der Waals surface area (Å²) >= 11 is 0. The minimum absolute atomic E-state index is 0.0316. The Morgan fingerprint density at radius 2 is 2.35 bits per heavy atom. The molecule has 4 heterocycles. The lowest BCUT2D eigenvalue weighted by Gasteiger charge is -2.26. The molecule has 0 aliphatic carbocycles. The van der Waals surface area contributed by atoms with E-state index in [0.29, 0.717) is 12.4 Å². The Morgan fingerprint density at radius 1 is 1.42 bits per heavy atom. The van der Waals surface area contributed by atoms with Crippen LogP contribution < -0.4 is 15.5 Å². The summed E-state index contributed by atoms with van der Waals surface area (Å²) in [6.07, 6.45) is 5.33. The molecule has 0 saturated carbocycles. The molecule has 0 unspecified atom stereocenters. The number of nitrogens with one attached hydrogen (secondary N) is 2. The quantitative estimate of drug-likeness (QED) is 0.859. The van der Waals surface area contributed by atoms with E-state index in [1.807, 2.05) is 19.1 Å². The van der Waals surface area contributed by atoms with Crippen LogP contribution in [0.25, 0.3) is 11.4 Å². The molecule has 2 aromatic heterocycles. The first-order valence-electron chi connectivity index (χ1n) is 9.30. The maximum atomic E-state index is 12.2. The minimum atomic E-state index is 0.0316. The molecule has 1 fully saturated rings. The number of carbonyl (C=O) groups excluding carboxylic acids is 1. The van der Waals surface area contributed by atoms with Crippen LogP contribution in [-0.4, -0.2) is 47.0 Å². The van der Waals surface area contributed by atoms with Gasteiger partial charge in [0.25, 0.3) is 0 Å². The van der Waals surface area contributed by atoms with Gasteiger partial charge in [0.15, 0.2) is 5.82 Å². The zero-order chi connectivity index (χ0) is 17.9. The molecule has 7 nitrogen and oxygen atoms in total. The monoisotopic (exact) mass is 352 g/mol. The highest BCUT2D eigenvalue weighted by atomic mass is 16.1. The fourth-order valence-electron chi connectivity index (χ4n) is 3.71. The van der Waals surface area contributed by atoms with E-state index in [-0.39, 0.29) is 11.8 Å². The summed E-state index contributed by atoms with van der Waals surface area (Å²) in [6, 6.07) is 3.88. The van der Waals surface area contributed by atoms with Crippen molar-refractivity contribution in [3.8, 4) is 11.4 Å². The molecular weight excluding hydrogens is 328 g/mol. The van der Waals surface area contributed by atoms with Gasteiger partial charge in [-0.1, -0.05) is 0 Å². The standard InChI is InChI=1S/C19H24N6O/c1-2-22-19(26)14-6-9-25(12-14)18-15-5-8-21-11-16(15)23-17(24-18)13-4-3-7-20-10-13/h3-4,7,10,14,21H,2,5-6,8-9,11-12H2,1H3,(H,22,26)/t14-/m1/s1. The van der Waals surface area contributed by atoms with Crippen molar-refractivity contribution in [3.05, 3.63) is 35.8 Å². The van der Waals surface area contributed by atoms with E-state index in [1.54, 1.807) is 12.4 Å². The van der Waals surface area contributed by atoms with Gasteiger partial charge in [-0.2, -0.15) is 0 Å². The molecule has 26 heavy (non-hydrogen) atoms. The van der Waals surface area contributed by atoms with Crippen molar-refractivity contribution in [2.24, 2.45) is 5.92 Å². The third-order valence-electron chi connectivity index (χ3n) is 5.04. The van der Waals surface area contributed by atoms with Crippen LogP contribution in [-0.2, 0) is 17.8 Å². The molecule has 1 atom stereocenters. The Balaban J connectivity index is 1.68. The highest BCUT2D eigenvalue weighted by Gasteiger charge is 2.31. The van der Waals surface area contributed by atoms with Gasteiger partial charge < -0.3 is 15.5 Å². The van der Waals surface area contributed by atoms with E-state index in [9.17, 15) is 4.79 Å². The Hall–Kier alpha value is -2.54. The van der Waals surface area contributed by atoms with Crippen molar-refractivity contribution in [3.63, 3.8) is 0 Å². The second-order valence-electron chi connectivity index (χ2n) is 6.79. The lowest BCUT2D eigenvalue weighted by atomic mass is 10.1. The smallest absolute Gasteiger partial charge is 0.224 e. The Labute approximate surface area is 153 Å². The van der Waals surface area contributed by atoms with Crippen molar-refractivity contribution in [2.75, 3.05) is 31.1 Å². The highest BCUT2D eigenvalue weighted by molar-refractivity contribution is 5.80. The van der Waals surface area contributed by atoms with Crippen molar-refractivity contribution >= 4 is 11.7 Å². The summed E-state index contributed by atoms with van der Waals surface area (Å²) in [5.41, 5.74) is 3.19. The third kappa shape index (κ3) is 3.26. The van der Waals surface area contributed by atoms with Gasteiger partial charge >= 0.3 is 0 Å². The van der Waals surface area contributed by atoms with Crippen LogP contribution in [0, 0.1) is 5.92 Å². The topological polar surface area (TPSA) is 83.0 Å². The summed E-state index contributed by atoms with van der Waals surface area (Å²) in [6.45, 7) is 5.89. The average Bonchev–Trinajstić information content (AvgIpc) is 3.18.